The van der Waals surface area contributed by atoms with Gasteiger partial charge >= 0.3 is 0 Å². The van der Waals surface area contributed by atoms with Crippen LogP contribution in [0, 0.1) is 13.8 Å². The Morgan fingerprint density at radius 3 is 2.56 bits per heavy atom. The number of nitrogens with two attached hydrogens (primary N) is 1. The van der Waals surface area contributed by atoms with Gasteiger partial charge in [0.15, 0.2) is 5.82 Å². The van der Waals surface area contributed by atoms with Crippen LogP contribution >= 0.6 is 15.9 Å². The van der Waals surface area contributed by atoms with E-state index in [1.54, 1.807) is 12.4 Å². The van der Waals surface area contributed by atoms with E-state index in [4.69, 9.17) is 5.73 Å². The summed E-state index contributed by atoms with van der Waals surface area (Å²) in [5.41, 5.74) is 8.64. The maximum absolute atomic E-state index is 5.71. The molecule has 0 saturated heterocycles. The third kappa shape index (κ3) is 2.04. The summed E-state index contributed by atoms with van der Waals surface area (Å²) in [5.74, 6) is 0.977. The lowest BCUT2D eigenvalue weighted by Crippen LogP contribution is -1.99. The number of rotatable bonds is 1. The highest BCUT2D eigenvalue weighted by molar-refractivity contribution is 9.10. The van der Waals surface area contributed by atoms with Crippen molar-refractivity contribution in [2.24, 2.45) is 0 Å². The van der Waals surface area contributed by atoms with Crippen molar-refractivity contribution >= 4 is 21.7 Å². The fourth-order valence-electron chi connectivity index (χ4n) is 1.44. The standard InChI is InChI=1S/C11H11BrN4/c1-6-3-7(2)9(14-4-6)11-15-5-8(12)10(13)16-11/h3-5H,1-2H3,(H2,13,15,16). The first kappa shape index (κ1) is 11.0. The molecule has 0 radical (unpaired) electrons. The van der Waals surface area contributed by atoms with Gasteiger partial charge in [-0.3, -0.25) is 4.98 Å². The Hall–Kier alpha value is -1.49. The van der Waals surface area contributed by atoms with E-state index < -0.39 is 0 Å². The fourth-order valence-corrected chi connectivity index (χ4v) is 1.63. The van der Waals surface area contributed by atoms with Gasteiger partial charge in [-0.15, -0.1) is 0 Å². The average Bonchev–Trinajstić information content (AvgIpc) is 2.22. The molecule has 0 bridgehead atoms. The number of aryl methyl sites for hydroxylation is 2. The minimum Gasteiger partial charge on any atom is -0.383 e. The Bertz CT molecular complexity index is 540. The molecule has 2 N–H and O–H groups in total. The molecule has 0 atom stereocenters. The maximum Gasteiger partial charge on any atom is 0.180 e. The van der Waals surface area contributed by atoms with Crippen LogP contribution in [0.2, 0.25) is 0 Å². The molecule has 2 heterocycles. The number of nitrogens with zero attached hydrogens (tertiary/aromatic N) is 3. The van der Waals surface area contributed by atoms with Gasteiger partial charge in [0.05, 0.1) is 4.47 Å². The van der Waals surface area contributed by atoms with Crippen molar-refractivity contribution in [3.63, 3.8) is 0 Å². The molecular weight excluding hydrogens is 268 g/mol. The molecule has 2 aromatic rings. The van der Waals surface area contributed by atoms with Crippen molar-refractivity contribution in [2.75, 3.05) is 5.73 Å². The van der Waals surface area contributed by atoms with Gasteiger partial charge in [0, 0.05) is 12.4 Å². The normalized spacial score (nSPS) is 10.4. The molecule has 5 heteroatoms. The van der Waals surface area contributed by atoms with Crippen LogP contribution in [0.25, 0.3) is 11.5 Å². The zero-order chi connectivity index (χ0) is 11.7. The maximum atomic E-state index is 5.71. The summed E-state index contributed by atoms with van der Waals surface area (Å²) in [4.78, 5) is 12.7. The molecule has 2 aromatic heterocycles. The lowest BCUT2D eigenvalue weighted by Gasteiger charge is -2.05. The molecule has 0 fully saturated rings. The Labute approximate surface area is 102 Å². The first-order valence-electron chi connectivity index (χ1n) is 4.79. The second-order valence-electron chi connectivity index (χ2n) is 3.60. The van der Waals surface area contributed by atoms with E-state index in [0.717, 1.165) is 16.8 Å². The topological polar surface area (TPSA) is 64.7 Å². The molecule has 82 valence electrons. The highest BCUT2D eigenvalue weighted by Crippen LogP contribution is 2.22. The van der Waals surface area contributed by atoms with Gasteiger partial charge in [0.2, 0.25) is 0 Å². The number of halogens is 1. The summed E-state index contributed by atoms with van der Waals surface area (Å²) in [7, 11) is 0. The summed E-state index contributed by atoms with van der Waals surface area (Å²) in [5, 5.41) is 0. The lowest BCUT2D eigenvalue weighted by molar-refractivity contribution is 1.11. The van der Waals surface area contributed by atoms with E-state index in [2.05, 4.69) is 30.9 Å². The molecule has 16 heavy (non-hydrogen) atoms. The predicted molar refractivity (Wildman–Crippen MR) is 66.8 cm³/mol. The van der Waals surface area contributed by atoms with Crippen LogP contribution in [0.3, 0.4) is 0 Å². The number of anilines is 1. The second-order valence-corrected chi connectivity index (χ2v) is 4.46. The third-order valence-corrected chi connectivity index (χ3v) is 2.81. The first-order valence-corrected chi connectivity index (χ1v) is 5.59. The number of pyridine rings is 1. The summed E-state index contributed by atoms with van der Waals surface area (Å²) >= 11 is 3.26. The van der Waals surface area contributed by atoms with Crippen molar-refractivity contribution in [1.82, 2.24) is 15.0 Å². The summed E-state index contributed by atoms with van der Waals surface area (Å²) < 4.78 is 0.695. The number of nitrogen functional groups attached to an aromatic ring is 1. The SMILES string of the molecule is Cc1cnc(-c2ncc(Br)c(N)n2)c(C)c1. The molecule has 0 unspecified atom stereocenters. The van der Waals surface area contributed by atoms with E-state index in [1.165, 1.54) is 0 Å². The molecule has 0 spiro atoms. The van der Waals surface area contributed by atoms with Crippen LogP contribution in [0.5, 0.6) is 0 Å². The molecule has 0 aromatic carbocycles. The quantitative estimate of drug-likeness (QED) is 0.871. The van der Waals surface area contributed by atoms with Crippen LogP contribution in [-0.2, 0) is 0 Å². The van der Waals surface area contributed by atoms with E-state index in [-0.39, 0.29) is 0 Å². The number of hydrogen-bond acceptors (Lipinski definition) is 4. The highest BCUT2D eigenvalue weighted by atomic mass is 79.9. The van der Waals surface area contributed by atoms with E-state index in [1.807, 2.05) is 19.9 Å². The van der Waals surface area contributed by atoms with Crippen LogP contribution in [0.1, 0.15) is 11.1 Å². The molecule has 0 aliphatic carbocycles. The lowest BCUT2D eigenvalue weighted by atomic mass is 10.1. The van der Waals surface area contributed by atoms with Crippen LogP contribution < -0.4 is 5.73 Å². The molecule has 4 nitrogen and oxygen atoms in total. The van der Waals surface area contributed by atoms with Crippen LogP contribution in [0.4, 0.5) is 5.82 Å². The minimum absolute atomic E-state index is 0.423. The average molecular weight is 279 g/mol. The predicted octanol–water partition coefficient (Wildman–Crippen LogP) is 2.50. The monoisotopic (exact) mass is 278 g/mol. The zero-order valence-electron chi connectivity index (χ0n) is 9.03. The summed E-state index contributed by atoms with van der Waals surface area (Å²) in [6, 6.07) is 2.05. The van der Waals surface area contributed by atoms with Crippen molar-refractivity contribution in [2.45, 2.75) is 13.8 Å². The Balaban J connectivity index is 2.54. The Morgan fingerprint density at radius 2 is 1.94 bits per heavy atom. The van der Waals surface area contributed by atoms with E-state index in [9.17, 15) is 0 Å². The number of hydrogen-bond donors (Lipinski definition) is 1. The van der Waals surface area contributed by atoms with Gasteiger partial charge in [-0.2, -0.15) is 0 Å². The van der Waals surface area contributed by atoms with Crippen LogP contribution in [0.15, 0.2) is 22.9 Å². The first-order chi connectivity index (χ1) is 7.58. The second kappa shape index (κ2) is 4.17. The molecule has 0 aliphatic heterocycles. The zero-order valence-corrected chi connectivity index (χ0v) is 10.6. The summed E-state index contributed by atoms with van der Waals surface area (Å²) in [6.07, 6.45) is 3.43. The molecule has 2 rings (SSSR count). The van der Waals surface area contributed by atoms with Gasteiger partial charge < -0.3 is 5.73 Å². The van der Waals surface area contributed by atoms with Gasteiger partial charge in [0.1, 0.15) is 11.5 Å². The van der Waals surface area contributed by atoms with Crippen molar-refractivity contribution in [3.8, 4) is 11.5 Å². The molecule has 0 amide bonds. The van der Waals surface area contributed by atoms with Crippen molar-refractivity contribution in [1.29, 1.82) is 0 Å². The van der Waals surface area contributed by atoms with Crippen molar-refractivity contribution < 1.29 is 0 Å². The van der Waals surface area contributed by atoms with Gasteiger partial charge in [-0.05, 0) is 40.9 Å². The number of aromatic nitrogens is 3. The highest BCUT2D eigenvalue weighted by Gasteiger charge is 2.08. The van der Waals surface area contributed by atoms with Gasteiger partial charge in [-0.25, -0.2) is 9.97 Å². The Kier molecular flexibility index (Phi) is 2.87. The smallest absolute Gasteiger partial charge is 0.180 e. The third-order valence-electron chi connectivity index (χ3n) is 2.20. The molecule has 0 saturated carbocycles. The van der Waals surface area contributed by atoms with Gasteiger partial charge in [0.25, 0.3) is 0 Å². The van der Waals surface area contributed by atoms with Gasteiger partial charge in [-0.1, -0.05) is 6.07 Å². The molecule has 0 aliphatic rings. The van der Waals surface area contributed by atoms with E-state index in [0.29, 0.717) is 16.1 Å². The Morgan fingerprint density at radius 1 is 1.19 bits per heavy atom. The molecular formula is C11H11BrN4. The fraction of sp³-hybridized carbons (Fsp3) is 0.182. The van der Waals surface area contributed by atoms with Crippen molar-refractivity contribution in [3.05, 3.63) is 34.1 Å². The summed E-state index contributed by atoms with van der Waals surface area (Å²) in [6.45, 7) is 3.98. The van der Waals surface area contributed by atoms with Crippen LogP contribution in [-0.4, -0.2) is 15.0 Å². The largest absolute Gasteiger partial charge is 0.383 e. The minimum atomic E-state index is 0.423. The van der Waals surface area contributed by atoms with E-state index >= 15 is 0 Å².